The average molecular weight is 225 g/mol. The molecule has 0 bridgehead atoms. The van der Waals surface area contributed by atoms with Crippen LogP contribution in [0.15, 0.2) is 12.1 Å². The van der Waals surface area contributed by atoms with Crippen LogP contribution in [-0.4, -0.2) is 12.6 Å². The first kappa shape index (κ1) is 12.0. The zero-order valence-electron chi connectivity index (χ0n) is 8.51. The summed E-state index contributed by atoms with van der Waals surface area (Å²) in [5.74, 6) is 1.10. The molecule has 0 saturated carbocycles. The van der Waals surface area contributed by atoms with Gasteiger partial charge in [0.05, 0.1) is 17.9 Å². The fourth-order valence-corrected chi connectivity index (χ4v) is 0.973. The third-order valence-corrected chi connectivity index (χ3v) is 1.69. The molecule has 1 aromatic rings. The summed E-state index contributed by atoms with van der Waals surface area (Å²) in [6.07, 6.45) is 0. The van der Waals surface area contributed by atoms with Crippen LogP contribution < -0.4 is 5.73 Å². The minimum absolute atomic E-state index is 0.0318. The Morgan fingerprint density at radius 3 is 2.81 bits per heavy atom. The Labute approximate surface area is 91.2 Å². The van der Waals surface area contributed by atoms with Crippen molar-refractivity contribution in [2.45, 2.75) is 6.92 Å². The Bertz CT molecular complexity index is 475. The van der Waals surface area contributed by atoms with Crippen LogP contribution in [0.1, 0.15) is 12.5 Å². The third-order valence-electron chi connectivity index (χ3n) is 1.69. The van der Waals surface area contributed by atoms with Crippen LogP contribution in [0.3, 0.4) is 0 Å². The van der Waals surface area contributed by atoms with Crippen molar-refractivity contribution in [3.05, 3.63) is 29.3 Å². The van der Waals surface area contributed by atoms with Gasteiger partial charge in [-0.05, 0) is 25.0 Å². The molecule has 0 aliphatic carbocycles. The molecular weight excluding hydrogens is 216 g/mol. The van der Waals surface area contributed by atoms with Crippen molar-refractivity contribution in [3.8, 4) is 11.8 Å². The highest BCUT2D eigenvalue weighted by Gasteiger charge is 2.09. The van der Waals surface area contributed by atoms with E-state index < -0.39 is 17.6 Å². The minimum Gasteiger partial charge on any atom is -0.456 e. The maximum absolute atomic E-state index is 13.2. The van der Waals surface area contributed by atoms with E-state index in [1.165, 1.54) is 6.07 Å². The number of anilines is 1. The van der Waals surface area contributed by atoms with E-state index in [9.17, 15) is 13.6 Å². The second-order valence-corrected chi connectivity index (χ2v) is 2.80. The molecule has 0 saturated heterocycles. The lowest BCUT2D eigenvalue weighted by atomic mass is 10.1. The molecule has 0 aromatic heterocycles. The summed E-state index contributed by atoms with van der Waals surface area (Å²) in [5.41, 5.74) is 5.02. The molecule has 1 aromatic carbocycles. The molecule has 84 valence electrons. The number of halogens is 2. The van der Waals surface area contributed by atoms with E-state index in [2.05, 4.69) is 10.7 Å². The van der Waals surface area contributed by atoms with Crippen LogP contribution in [0.5, 0.6) is 0 Å². The maximum Gasteiger partial charge on any atom is 0.384 e. The number of esters is 1. The first-order chi connectivity index (χ1) is 7.56. The van der Waals surface area contributed by atoms with E-state index in [4.69, 9.17) is 5.73 Å². The lowest BCUT2D eigenvalue weighted by molar-refractivity contribution is -0.136. The summed E-state index contributed by atoms with van der Waals surface area (Å²) < 4.78 is 30.5. The molecule has 2 N–H and O–H groups in total. The SMILES string of the molecule is CCOC(=O)C#Cc1c(N)ccc(F)c1F. The number of rotatable bonds is 1. The van der Waals surface area contributed by atoms with Gasteiger partial charge >= 0.3 is 5.97 Å². The summed E-state index contributed by atoms with van der Waals surface area (Å²) >= 11 is 0. The first-order valence-electron chi connectivity index (χ1n) is 4.48. The molecule has 0 atom stereocenters. The number of carbonyl (C=O) groups is 1. The van der Waals surface area contributed by atoms with E-state index >= 15 is 0 Å². The number of nitrogen functional groups attached to an aromatic ring is 1. The summed E-state index contributed by atoms with van der Waals surface area (Å²) in [5, 5.41) is 0. The van der Waals surface area contributed by atoms with Gasteiger partial charge in [-0.3, -0.25) is 0 Å². The number of nitrogens with two attached hydrogens (primary N) is 1. The molecule has 3 nitrogen and oxygen atoms in total. The number of hydrogen-bond donors (Lipinski definition) is 1. The lowest BCUT2D eigenvalue weighted by Crippen LogP contribution is -2.01. The smallest absolute Gasteiger partial charge is 0.384 e. The van der Waals surface area contributed by atoms with Crippen LogP contribution in [0.4, 0.5) is 14.5 Å². The van der Waals surface area contributed by atoms with Crippen LogP contribution in [-0.2, 0) is 9.53 Å². The van der Waals surface area contributed by atoms with Crippen LogP contribution in [0, 0.1) is 23.5 Å². The summed E-state index contributed by atoms with van der Waals surface area (Å²) in [4.78, 5) is 10.9. The average Bonchev–Trinajstić information content (AvgIpc) is 2.24. The van der Waals surface area contributed by atoms with Gasteiger partial charge in [0.15, 0.2) is 11.6 Å². The molecule has 1 rings (SSSR count). The molecule has 0 spiro atoms. The lowest BCUT2D eigenvalue weighted by Gasteiger charge is -2.00. The van der Waals surface area contributed by atoms with Gasteiger partial charge in [0.25, 0.3) is 0 Å². The normalized spacial score (nSPS) is 9.19. The van der Waals surface area contributed by atoms with E-state index in [-0.39, 0.29) is 17.9 Å². The Balaban J connectivity index is 3.05. The Kier molecular flexibility index (Phi) is 3.84. The van der Waals surface area contributed by atoms with Gasteiger partial charge in [0.1, 0.15) is 0 Å². The standard InChI is InChI=1S/C11H9F2NO2/c1-2-16-10(15)6-3-7-9(14)5-4-8(12)11(7)13/h4-5H,2,14H2,1H3. The van der Waals surface area contributed by atoms with E-state index in [1.807, 2.05) is 5.92 Å². The molecule has 0 fully saturated rings. The van der Waals surface area contributed by atoms with Gasteiger partial charge in [0.2, 0.25) is 0 Å². The van der Waals surface area contributed by atoms with Crippen LogP contribution in [0.25, 0.3) is 0 Å². The van der Waals surface area contributed by atoms with Gasteiger partial charge < -0.3 is 10.5 Å². The van der Waals surface area contributed by atoms with E-state index in [0.29, 0.717) is 0 Å². The molecular formula is C11H9F2NO2. The van der Waals surface area contributed by atoms with Crippen molar-refractivity contribution >= 4 is 11.7 Å². The van der Waals surface area contributed by atoms with Crippen molar-refractivity contribution in [1.82, 2.24) is 0 Å². The highest BCUT2D eigenvalue weighted by Crippen LogP contribution is 2.17. The predicted molar refractivity (Wildman–Crippen MR) is 54.3 cm³/mol. The van der Waals surface area contributed by atoms with Gasteiger partial charge in [-0.2, -0.15) is 0 Å². The second-order valence-electron chi connectivity index (χ2n) is 2.80. The van der Waals surface area contributed by atoms with Gasteiger partial charge in [-0.15, -0.1) is 0 Å². The molecule has 0 unspecified atom stereocenters. The number of benzene rings is 1. The Hall–Kier alpha value is -2.09. The fourth-order valence-electron chi connectivity index (χ4n) is 0.973. The minimum atomic E-state index is -1.17. The zero-order chi connectivity index (χ0) is 12.1. The number of carbonyl (C=O) groups excluding carboxylic acids is 1. The molecule has 0 heterocycles. The molecule has 0 aliphatic heterocycles. The predicted octanol–water partition coefficient (Wildman–Crippen LogP) is 1.46. The van der Waals surface area contributed by atoms with Gasteiger partial charge in [0, 0.05) is 5.92 Å². The molecule has 16 heavy (non-hydrogen) atoms. The Morgan fingerprint density at radius 2 is 2.19 bits per heavy atom. The third kappa shape index (κ3) is 2.70. The van der Waals surface area contributed by atoms with Crippen LogP contribution in [0.2, 0.25) is 0 Å². The topological polar surface area (TPSA) is 52.3 Å². The highest BCUT2D eigenvalue weighted by molar-refractivity contribution is 5.89. The number of ether oxygens (including phenoxy) is 1. The molecule has 0 aliphatic rings. The summed E-state index contributed by atoms with van der Waals surface area (Å²) in [7, 11) is 0. The molecule has 0 amide bonds. The van der Waals surface area contributed by atoms with Crippen LogP contribution >= 0.6 is 0 Å². The quantitative estimate of drug-likeness (QED) is 0.447. The first-order valence-corrected chi connectivity index (χ1v) is 4.48. The maximum atomic E-state index is 13.2. The zero-order valence-corrected chi connectivity index (χ0v) is 8.51. The fraction of sp³-hybridized carbons (Fsp3) is 0.182. The van der Waals surface area contributed by atoms with Crippen molar-refractivity contribution in [2.24, 2.45) is 0 Å². The van der Waals surface area contributed by atoms with E-state index in [1.54, 1.807) is 6.92 Å². The largest absolute Gasteiger partial charge is 0.456 e. The monoisotopic (exact) mass is 225 g/mol. The summed E-state index contributed by atoms with van der Waals surface area (Å²) in [6.45, 7) is 1.77. The van der Waals surface area contributed by atoms with Crippen molar-refractivity contribution < 1.29 is 18.3 Å². The molecule has 5 heteroatoms. The molecule has 0 radical (unpaired) electrons. The van der Waals surface area contributed by atoms with Gasteiger partial charge in [-0.25, -0.2) is 13.6 Å². The second kappa shape index (κ2) is 5.12. The summed E-state index contributed by atoms with van der Waals surface area (Å²) in [6, 6.07) is 2.06. The highest BCUT2D eigenvalue weighted by atomic mass is 19.2. The van der Waals surface area contributed by atoms with Crippen molar-refractivity contribution in [2.75, 3.05) is 12.3 Å². The van der Waals surface area contributed by atoms with Gasteiger partial charge in [-0.1, -0.05) is 0 Å². The van der Waals surface area contributed by atoms with Crippen molar-refractivity contribution in [1.29, 1.82) is 0 Å². The number of hydrogen-bond acceptors (Lipinski definition) is 3. The Morgan fingerprint density at radius 1 is 1.50 bits per heavy atom. The van der Waals surface area contributed by atoms with Crippen molar-refractivity contribution in [3.63, 3.8) is 0 Å². The van der Waals surface area contributed by atoms with E-state index in [0.717, 1.165) is 6.07 Å².